The van der Waals surface area contributed by atoms with Crippen LogP contribution in [0.2, 0.25) is 0 Å². The summed E-state index contributed by atoms with van der Waals surface area (Å²) in [5, 5.41) is 11.1. The van der Waals surface area contributed by atoms with Crippen molar-refractivity contribution in [2.45, 2.75) is 26.3 Å². The summed E-state index contributed by atoms with van der Waals surface area (Å²) >= 11 is 0. The van der Waals surface area contributed by atoms with Gasteiger partial charge in [-0.05, 0) is 25.3 Å². The molecule has 164 valence electrons. The zero-order valence-electron chi connectivity index (χ0n) is 17.9. The Kier molecular flexibility index (Phi) is 11.5. The number of aromatic nitrogens is 3. The van der Waals surface area contributed by atoms with Gasteiger partial charge in [-0.1, -0.05) is 42.5 Å². The van der Waals surface area contributed by atoms with Gasteiger partial charge in [-0.15, -0.1) is 34.2 Å². The van der Waals surface area contributed by atoms with Crippen LogP contribution >= 0.6 is 24.0 Å². The minimum atomic E-state index is 0. The molecule has 3 rings (SSSR count). The topological polar surface area (TPSA) is 61.6 Å². The monoisotopic (exact) mass is 523 g/mol. The SMILES string of the molecule is CCNC(=NCCCCn1cnnc1)N1CCN(CC=Cc2ccccc2)CC1.I. The fourth-order valence-corrected chi connectivity index (χ4v) is 3.40. The smallest absolute Gasteiger partial charge is 0.194 e. The number of hydrogen-bond donors (Lipinski definition) is 1. The molecule has 0 amide bonds. The molecule has 1 aliphatic rings. The summed E-state index contributed by atoms with van der Waals surface area (Å²) in [5.74, 6) is 1.05. The number of aliphatic imine (C=N–C) groups is 1. The summed E-state index contributed by atoms with van der Waals surface area (Å²) in [6, 6.07) is 10.5. The van der Waals surface area contributed by atoms with E-state index in [-0.39, 0.29) is 24.0 Å². The minimum Gasteiger partial charge on any atom is -0.357 e. The van der Waals surface area contributed by atoms with Crippen molar-refractivity contribution in [3.63, 3.8) is 0 Å². The van der Waals surface area contributed by atoms with E-state index in [0.717, 1.165) is 71.2 Å². The van der Waals surface area contributed by atoms with E-state index in [1.807, 2.05) is 4.57 Å². The average Bonchev–Trinajstić information content (AvgIpc) is 3.28. The maximum atomic E-state index is 4.84. The first kappa shape index (κ1) is 24.3. The molecule has 0 aliphatic carbocycles. The number of guanidine groups is 1. The van der Waals surface area contributed by atoms with Crippen LogP contribution in [0.4, 0.5) is 0 Å². The van der Waals surface area contributed by atoms with Gasteiger partial charge in [0.25, 0.3) is 0 Å². The van der Waals surface area contributed by atoms with Gasteiger partial charge in [0.05, 0.1) is 0 Å². The number of rotatable bonds is 9. The lowest BCUT2D eigenvalue weighted by atomic mass is 10.2. The second-order valence-electron chi connectivity index (χ2n) is 7.24. The Labute approximate surface area is 197 Å². The van der Waals surface area contributed by atoms with Crippen molar-refractivity contribution in [2.24, 2.45) is 4.99 Å². The van der Waals surface area contributed by atoms with E-state index in [4.69, 9.17) is 4.99 Å². The highest BCUT2D eigenvalue weighted by Gasteiger charge is 2.18. The molecule has 8 heteroatoms. The van der Waals surface area contributed by atoms with Crippen molar-refractivity contribution in [1.82, 2.24) is 29.9 Å². The van der Waals surface area contributed by atoms with Crippen LogP contribution in [0.3, 0.4) is 0 Å². The molecule has 2 heterocycles. The maximum Gasteiger partial charge on any atom is 0.194 e. The Balaban J connectivity index is 0.00000320. The molecule has 1 N–H and O–H groups in total. The second-order valence-corrected chi connectivity index (χ2v) is 7.24. The fraction of sp³-hybridized carbons (Fsp3) is 0.500. The van der Waals surface area contributed by atoms with Gasteiger partial charge in [0.15, 0.2) is 5.96 Å². The van der Waals surface area contributed by atoms with E-state index in [2.05, 4.69) is 74.7 Å². The molecule has 7 nitrogen and oxygen atoms in total. The van der Waals surface area contributed by atoms with Crippen molar-refractivity contribution < 1.29 is 0 Å². The first-order valence-electron chi connectivity index (χ1n) is 10.6. The van der Waals surface area contributed by atoms with E-state index in [0.29, 0.717) is 0 Å². The minimum absolute atomic E-state index is 0. The van der Waals surface area contributed by atoms with Crippen LogP contribution in [0.5, 0.6) is 0 Å². The van der Waals surface area contributed by atoms with Crippen LogP contribution in [0.25, 0.3) is 6.08 Å². The Morgan fingerprint density at radius 3 is 2.50 bits per heavy atom. The summed E-state index contributed by atoms with van der Waals surface area (Å²) in [6.45, 7) is 10.0. The molecule has 1 aromatic heterocycles. The van der Waals surface area contributed by atoms with E-state index in [1.54, 1.807) is 12.7 Å². The molecule has 2 aromatic rings. The predicted octanol–water partition coefficient (Wildman–Crippen LogP) is 2.97. The number of nitrogens with one attached hydrogen (secondary N) is 1. The molecule has 0 atom stereocenters. The number of aryl methyl sites for hydroxylation is 1. The molecule has 0 unspecified atom stereocenters. The molecule has 0 spiro atoms. The summed E-state index contributed by atoms with van der Waals surface area (Å²) in [6.07, 6.45) is 10.2. The van der Waals surface area contributed by atoms with Gasteiger partial charge in [0.1, 0.15) is 12.7 Å². The lowest BCUT2D eigenvalue weighted by molar-refractivity contribution is 0.194. The van der Waals surface area contributed by atoms with Crippen LogP contribution in [-0.2, 0) is 6.54 Å². The Hall–Kier alpha value is -1.94. The van der Waals surface area contributed by atoms with Gasteiger partial charge in [0, 0.05) is 52.4 Å². The van der Waals surface area contributed by atoms with Crippen LogP contribution in [0.15, 0.2) is 54.1 Å². The van der Waals surface area contributed by atoms with Crippen molar-refractivity contribution in [3.8, 4) is 0 Å². The molecule has 0 saturated carbocycles. The molecule has 1 aromatic carbocycles. The largest absolute Gasteiger partial charge is 0.357 e. The third-order valence-electron chi connectivity index (χ3n) is 5.03. The molecular formula is C22H34IN7. The lowest BCUT2D eigenvalue weighted by Gasteiger charge is -2.36. The lowest BCUT2D eigenvalue weighted by Crippen LogP contribution is -2.52. The van der Waals surface area contributed by atoms with Gasteiger partial charge in [-0.2, -0.15) is 0 Å². The maximum absolute atomic E-state index is 4.84. The number of piperazine rings is 1. The van der Waals surface area contributed by atoms with Crippen molar-refractivity contribution in [3.05, 3.63) is 54.6 Å². The predicted molar refractivity (Wildman–Crippen MR) is 134 cm³/mol. The molecule has 1 saturated heterocycles. The summed E-state index contributed by atoms with van der Waals surface area (Å²) in [4.78, 5) is 9.73. The standard InChI is InChI=1S/C22H33N7.HI/c1-2-23-22(24-12-6-7-13-28-19-25-26-20-28)29-17-15-27(16-18-29)14-8-11-21-9-4-3-5-10-21;/h3-5,8-11,19-20H,2,6-7,12-18H2,1H3,(H,23,24);1H. The van der Waals surface area contributed by atoms with Crippen LogP contribution in [0, 0.1) is 0 Å². The summed E-state index contributed by atoms with van der Waals surface area (Å²) in [5.41, 5.74) is 1.26. The highest BCUT2D eigenvalue weighted by molar-refractivity contribution is 14.0. The molecular weight excluding hydrogens is 489 g/mol. The molecule has 1 fully saturated rings. The third-order valence-corrected chi connectivity index (χ3v) is 5.03. The molecule has 30 heavy (non-hydrogen) atoms. The van der Waals surface area contributed by atoms with Crippen LogP contribution in [0.1, 0.15) is 25.3 Å². The highest BCUT2D eigenvalue weighted by Crippen LogP contribution is 2.05. The van der Waals surface area contributed by atoms with E-state index >= 15 is 0 Å². The van der Waals surface area contributed by atoms with E-state index < -0.39 is 0 Å². The molecule has 0 bridgehead atoms. The van der Waals surface area contributed by atoms with Crippen LogP contribution < -0.4 is 5.32 Å². The first-order chi connectivity index (χ1) is 14.3. The number of halogens is 1. The quantitative estimate of drug-likeness (QED) is 0.237. The van der Waals surface area contributed by atoms with Gasteiger partial charge in [-0.3, -0.25) is 9.89 Å². The fourth-order valence-electron chi connectivity index (χ4n) is 3.40. The van der Waals surface area contributed by atoms with Crippen LogP contribution in [-0.4, -0.2) is 76.3 Å². The Bertz CT molecular complexity index is 738. The second kappa shape index (κ2) is 14.1. The normalized spacial score (nSPS) is 15.4. The van der Waals surface area contributed by atoms with Gasteiger partial charge >= 0.3 is 0 Å². The highest BCUT2D eigenvalue weighted by atomic mass is 127. The summed E-state index contributed by atoms with van der Waals surface area (Å²) < 4.78 is 2.01. The van der Waals surface area contributed by atoms with E-state index in [9.17, 15) is 0 Å². The van der Waals surface area contributed by atoms with Crippen molar-refractivity contribution in [1.29, 1.82) is 0 Å². The van der Waals surface area contributed by atoms with E-state index in [1.165, 1.54) is 5.56 Å². The average molecular weight is 523 g/mol. The number of benzene rings is 1. The first-order valence-corrected chi connectivity index (χ1v) is 10.6. The van der Waals surface area contributed by atoms with Gasteiger partial charge < -0.3 is 14.8 Å². The molecule has 1 aliphatic heterocycles. The molecule has 0 radical (unpaired) electrons. The van der Waals surface area contributed by atoms with Gasteiger partial charge in [-0.25, -0.2) is 0 Å². The summed E-state index contributed by atoms with van der Waals surface area (Å²) in [7, 11) is 0. The number of nitrogens with zero attached hydrogens (tertiary/aromatic N) is 6. The zero-order chi connectivity index (χ0) is 20.2. The number of unbranched alkanes of at least 4 members (excludes halogenated alkanes) is 1. The third kappa shape index (κ3) is 8.43. The zero-order valence-corrected chi connectivity index (χ0v) is 20.2. The van der Waals surface area contributed by atoms with Crippen molar-refractivity contribution >= 4 is 36.0 Å². The Morgan fingerprint density at radius 1 is 1.07 bits per heavy atom. The van der Waals surface area contributed by atoms with Gasteiger partial charge in [0.2, 0.25) is 0 Å². The number of hydrogen-bond acceptors (Lipinski definition) is 4. The Morgan fingerprint density at radius 2 is 1.80 bits per heavy atom. The van der Waals surface area contributed by atoms with Crippen molar-refractivity contribution in [2.75, 3.05) is 45.8 Å².